The molecule has 0 radical (unpaired) electrons. The van der Waals surface area contributed by atoms with E-state index in [0.29, 0.717) is 17.4 Å². The maximum Gasteiger partial charge on any atom is 0.268 e. The van der Waals surface area contributed by atoms with Gasteiger partial charge in [-0.25, -0.2) is 0 Å². The van der Waals surface area contributed by atoms with E-state index in [4.69, 9.17) is 9.05 Å². The number of unbranched alkanes of at least 4 members (excludes halogenated alkanes) is 34. The quantitative estimate of drug-likeness (QED) is 0.0272. The van der Waals surface area contributed by atoms with Crippen LogP contribution in [0.3, 0.4) is 0 Å². The second-order valence-corrected chi connectivity index (χ2v) is 24.5. The van der Waals surface area contributed by atoms with E-state index in [9.17, 15) is 19.4 Å². The number of likely N-dealkylation sites (N-methyl/N-ethyl adjacent to an activating group) is 1. The van der Waals surface area contributed by atoms with Crippen molar-refractivity contribution in [2.24, 2.45) is 0 Å². The fraction of sp³-hybridized carbons (Fsp3) is 0.779. The summed E-state index contributed by atoms with van der Waals surface area (Å²) < 4.78 is 23.4. The number of phosphoric acid groups is 1. The van der Waals surface area contributed by atoms with Crippen LogP contribution >= 0.6 is 7.82 Å². The van der Waals surface area contributed by atoms with Gasteiger partial charge < -0.3 is 28.8 Å². The van der Waals surface area contributed by atoms with Gasteiger partial charge in [-0.2, -0.15) is 0 Å². The van der Waals surface area contributed by atoms with Crippen molar-refractivity contribution < 1.29 is 32.9 Å². The van der Waals surface area contributed by atoms with Crippen molar-refractivity contribution in [2.45, 2.75) is 302 Å². The van der Waals surface area contributed by atoms with Gasteiger partial charge in [-0.15, -0.1) is 0 Å². The molecule has 9 heteroatoms. The minimum atomic E-state index is -4.62. The Bertz CT molecular complexity index is 1530. The number of amides is 1. The van der Waals surface area contributed by atoms with Crippen molar-refractivity contribution in [2.75, 3.05) is 40.9 Å². The predicted octanol–water partition coefficient (Wildman–Crippen LogP) is 19.7. The summed E-state index contributed by atoms with van der Waals surface area (Å²) in [4.78, 5) is 25.6. The van der Waals surface area contributed by atoms with Gasteiger partial charge in [-0.3, -0.25) is 9.36 Å². The Morgan fingerprint density at radius 3 is 1.21 bits per heavy atom. The minimum absolute atomic E-state index is 0.0117. The van der Waals surface area contributed by atoms with Crippen LogP contribution < -0.4 is 10.2 Å². The number of nitrogens with one attached hydrogen (secondary N) is 1. The van der Waals surface area contributed by atoms with Crippen LogP contribution in [-0.4, -0.2) is 68.5 Å². The van der Waals surface area contributed by atoms with E-state index in [-0.39, 0.29) is 12.5 Å². The van der Waals surface area contributed by atoms with E-state index in [1.54, 1.807) is 6.08 Å². The molecule has 0 aromatic heterocycles. The Hall–Kier alpha value is -2.32. The van der Waals surface area contributed by atoms with Gasteiger partial charge in [0.25, 0.3) is 7.82 Å². The van der Waals surface area contributed by atoms with Crippen LogP contribution in [0.4, 0.5) is 0 Å². The summed E-state index contributed by atoms with van der Waals surface area (Å²) in [5.74, 6) is -0.212. The third kappa shape index (κ3) is 61.2. The summed E-state index contributed by atoms with van der Waals surface area (Å²) in [6.45, 7) is 4.53. The average Bonchev–Trinajstić information content (AvgIpc) is 3.39. The van der Waals surface area contributed by atoms with Gasteiger partial charge in [0.15, 0.2) is 0 Å². The smallest absolute Gasteiger partial charge is 0.268 e. The Labute approximate surface area is 477 Å². The Balaban J connectivity index is 4.20. The molecule has 0 aliphatic rings. The highest BCUT2D eigenvalue weighted by Crippen LogP contribution is 2.38. The molecule has 77 heavy (non-hydrogen) atoms. The van der Waals surface area contributed by atoms with Crippen LogP contribution in [0, 0.1) is 0 Å². The Morgan fingerprint density at radius 1 is 0.468 bits per heavy atom. The third-order valence-electron chi connectivity index (χ3n) is 14.3. The first kappa shape index (κ1) is 74.7. The van der Waals surface area contributed by atoms with Gasteiger partial charge >= 0.3 is 0 Å². The average molecular weight is 1100 g/mol. The van der Waals surface area contributed by atoms with Gasteiger partial charge in [-0.05, 0) is 83.5 Å². The van der Waals surface area contributed by atoms with Gasteiger partial charge in [0, 0.05) is 6.42 Å². The Kier molecular flexibility index (Phi) is 56.6. The number of quaternary nitrogens is 1. The molecule has 0 heterocycles. The van der Waals surface area contributed by atoms with Gasteiger partial charge in [0.05, 0.1) is 39.9 Å². The summed E-state index contributed by atoms with van der Waals surface area (Å²) in [6, 6.07) is -0.916. The van der Waals surface area contributed by atoms with Crippen LogP contribution in [0.5, 0.6) is 0 Å². The molecular formula is C68H125N2O6P. The number of phosphoric ester groups is 1. The normalized spacial score (nSPS) is 14.3. The minimum Gasteiger partial charge on any atom is -0.756 e. The number of hydrogen-bond donors (Lipinski definition) is 2. The van der Waals surface area contributed by atoms with Crippen LogP contribution in [0.1, 0.15) is 290 Å². The van der Waals surface area contributed by atoms with Crippen LogP contribution in [0.2, 0.25) is 0 Å². The lowest BCUT2D eigenvalue weighted by Gasteiger charge is -2.29. The van der Waals surface area contributed by atoms with E-state index >= 15 is 0 Å². The fourth-order valence-electron chi connectivity index (χ4n) is 9.30. The van der Waals surface area contributed by atoms with E-state index in [1.165, 1.54) is 199 Å². The summed E-state index contributed by atoms with van der Waals surface area (Å²) in [5, 5.41) is 13.9. The van der Waals surface area contributed by atoms with E-state index in [2.05, 4.69) is 92.1 Å². The highest BCUT2D eigenvalue weighted by atomic mass is 31.2. The molecule has 0 aromatic carbocycles. The zero-order valence-electron chi connectivity index (χ0n) is 51.1. The van der Waals surface area contributed by atoms with Gasteiger partial charge in [-0.1, -0.05) is 285 Å². The molecule has 3 unspecified atom stereocenters. The monoisotopic (exact) mass is 1100 g/mol. The largest absolute Gasteiger partial charge is 0.756 e. The fourth-order valence-corrected chi connectivity index (χ4v) is 10.0. The van der Waals surface area contributed by atoms with Gasteiger partial charge in [0.1, 0.15) is 13.2 Å². The molecule has 0 spiro atoms. The van der Waals surface area contributed by atoms with Crippen LogP contribution in [0.15, 0.2) is 85.1 Å². The second kappa shape index (κ2) is 58.3. The Morgan fingerprint density at radius 2 is 0.805 bits per heavy atom. The van der Waals surface area contributed by atoms with E-state index in [1.807, 2.05) is 27.2 Å². The van der Waals surface area contributed by atoms with Crippen molar-refractivity contribution in [1.82, 2.24) is 5.32 Å². The molecule has 0 aromatic rings. The summed E-state index contributed by atoms with van der Waals surface area (Å²) in [6.07, 6.45) is 82.6. The number of carbonyl (C=O) groups excluding carboxylic acids is 1. The molecule has 0 aliphatic heterocycles. The van der Waals surface area contributed by atoms with Crippen LogP contribution in [-0.2, 0) is 18.4 Å². The number of aliphatic hydroxyl groups is 1. The van der Waals surface area contributed by atoms with Crippen molar-refractivity contribution in [1.29, 1.82) is 0 Å². The van der Waals surface area contributed by atoms with Crippen molar-refractivity contribution in [3.05, 3.63) is 85.1 Å². The number of nitrogens with zero attached hydrogens (tertiary/aromatic N) is 1. The topological polar surface area (TPSA) is 108 Å². The highest BCUT2D eigenvalue weighted by molar-refractivity contribution is 7.45. The maximum atomic E-state index is 13.0. The standard InChI is InChI=1S/C68H125N2O6P/c1-6-8-10-12-14-16-18-20-22-24-26-28-30-32-34-36-37-39-41-43-45-47-49-51-53-55-57-59-61-67(71)66(65-76-77(73,74)75-64-63-70(3,4)5)69-68(72)62-60-58-56-54-52-50-48-46-44-42-40-38-35-33-31-29-27-25-23-21-19-17-15-13-11-9-7-2/h9,11,15,17,21,23,27,29,43,45,51,53,59,61,66-67,71H,6-8,10,12-14,16,18-20,22,24-26,28,30-42,44,46-50,52,54-58,60,62-65H2,1-5H3,(H-,69,72,73,74)/b11-9-,17-15-,23-21-,29-27-,45-43+,53-51+,61-59+. The maximum absolute atomic E-state index is 13.0. The van der Waals surface area contributed by atoms with E-state index in [0.717, 1.165) is 70.6 Å². The molecule has 448 valence electrons. The zero-order valence-corrected chi connectivity index (χ0v) is 52.0. The first-order chi connectivity index (χ1) is 37.5. The SMILES string of the molecule is CC/C=C\C/C=C\C/C=C\C/C=C\CCCCCCCCCCCCCCCCC(=O)NC(COP(=O)([O-])OCC[N+](C)(C)C)C(O)/C=C/CC/C=C/CC/C=C/CCCCCCCCCCCCCCCCCCCC. The lowest BCUT2D eigenvalue weighted by Crippen LogP contribution is -2.45. The summed E-state index contributed by atoms with van der Waals surface area (Å²) in [5.41, 5.74) is 0. The van der Waals surface area contributed by atoms with Crippen LogP contribution in [0.25, 0.3) is 0 Å². The number of rotatable bonds is 59. The number of carbonyl (C=O) groups is 1. The number of hydrogen-bond acceptors (Lipinski definition) is 6. The summed E-state index contributed by atoms with van der Waals surface area (Å²) >= 11 is 0. The molecule has 0 aliphatic carbocycles. The third-order valence-corrected chi connectivity index (χ3v) is 15.3. The molecule has 0 saturated heterocycles. The van der Waals surface area contributed by atoms with Gasteiger partial charge in [0.2, 0.25) is 5.91 Å². The summed E-state index contributed by atoms with van der Waals surface area (Å²) in [7, 11) is 1.23. The molecule has 3 atom stereocenters. The first-order valence-electron chi connectivity index (χ1n) is 32.4. The first-order valence-corrected chi connectivity index (χ1v) is 33.9. The molecule has 1 amide bonds. The lowest BCUT2D eigenvalue weighted by atomic mass is 10.0. The van der Waals surface area contributed by atoms with Crippen molar-refractivity contribution in [3.63, 3.8) is 0 Å². The molecule has 0 fully saturated rings. The molecule has 2 N–H and O–H groups in total. The van der Waals surface area contributed by atoms with E-state index < -0.39 is 26.6 Å². The highest BCUT2D eigenvalue weighted by Gasteiger charge is 2.23. The molecule has 0 rings (SSSR count). The second-order valence-electron chi connectivity index (χ2n) is 23.1. The predicted molar refractivity (Wildman–Crippen MR) is 334 cm³/mol. The lowest BCUT2D eigenvalue weighted by molar-refractivity contribution is -0.870. The van der Waals surface area contributed by atoms with Crippen molar-refractivity contribution >= 4 is 13.7 Å². The molecule has 8 nitrogen and oxygen atoms in total. The zero-order chi connectivity index (χ0) is 56.3. The number of aliphatic hydroxyl groups excluding tert-OH is 1. The molecule has 0 bridgehead atoms. The molecular weight excluding hydrogens is 972 g/mol. The van der Waals surface area contributed by atoms with Crippen molar-refractivity contribution in [3.8, 4) is 0 Å². The molecule has 0 saturated carbocycles. The number of allylic oxidation sites excluding steroid dienone is 13.